The van der Waals surface area contributed by atoms with Crippen molar-refractivity contribution in [2.75, 3.05) is 0 Å². The Morgan fingerprint density at radius 1 is 0.308 bits per heavy atom. The standard InChI is InChI=1S/C49H31N3/c1-2-12-33(13-3-1)46-30-47(36-15-10-14-35(28-36)37-16-11-27-50-31-37)52-49(51-46)34-25-23-32(24-26-34)44-29-45-40-19-5-4-17-38(40)39-18-6-8-21-42(39)48(45)43-22-9-7-20-41(43)44/h1-31H. The van der Waals surface area contributed by atoms with E-state index in [-0.39, 0.29) is 0 Å². The fourth-order valence-corrected chi connectivity index (χ4v) is 7.68. The van der Waals surface area contributed by atoms with Crippen LogP contribution in [0.1, 0.15) is 0 Å². The molecule has 0 radical (unpaired) electrons. The average Bonchev–Trinajstić information content (AvgIpc) is 3.24. The summed E-state index contributed by atoms with van der Waals surface area (Å²) in [6.07, 6.45) is 3.69. The first-order chi connectivity index (χ1) is 25.8. The summed E-state index contributed by atoms with van der Waals surface area (Å²) in [5.74, 6) is 0.690. The average molecular weight is 662 g/mol. The summed E-state index contributed by atoms with van der Waals surface area (Å²) in [5.41, 5.74) is 9.34. The highest BCUT2D eigenvalue weighted by Gasteiger charge is 2.16. The van der Waals surface area contributed by atoms with Crippen LogP contribution >= 0.6 is 0 Å². The van der Waals surface area contributed by atoms with Gasteiger partial charge in [0, 0.05) is 34.6 Å². The molecule has 0 saturated carbocycles. The third kappa shape index (κ3) is 5.10. The molecule has 0 saturated heterocycles. The summed E-state index contributed by atoms with van der Waals surface area (Å²) in [4.78, 5) is 14.6. The van der Waals surface area contributed by atoms with Crippen molar-refractivity contribution in [1.29, 1.82) is 0 Å². The topological polar surface area (TPSA) is 38.7 Å². The zero-order valence-corrected chi connectivity index (χ0v) is 28.2. The van der Waals surface area contributed by atoms with Crippen LogP contribution in [0.3, 0.4) is 0 Å². The quantitative estimate of drug-likeness (QED) is 0.172. The molecule has 0 amide bonds. The highest BCUT2D eigenvalue weighted by molar-refractivity contribution is 6.33. The molecule has 0 aliphatic heterocycles. The maximum atomic E-state index is 5.16. The number of benzene rings is 8. The molecule has 8 aromatic carbocycles. The van der Waals surface area contributed by atoms with E-state index < -0.39 is 0 Å². The lowest BCUT2D eigenvalue weighted by Crippen LogP contribution is -1.96. The number of aromatic nitrogens is 3. The predicted molar refractivity (Wildman–Crippen MR) is 217 cm³/mol. The van der Waals surface area contributed by atoms with E-state index >= 15 is 0 Å². The minimum absolute atomic E-state index is 0.690. The van der Waals surface area contributed by atoms with Crippen LogP contribution in [0.2, 0.25) is 0 Å². The summed E-state index contributed by atoms with van der Waals surface area (Å²) in [6, 6.07) is 62.5. The molecule has 10 rings (SSSR count). The largest absolute Gasteiger partial charge is 0.264 e. The first kappa shape index (κ1) is 29.9. The van der Waals surface area contributed by atoms with E-state index in [1.54, 1.807) is 6.20 Å². The van der Waals surface area contributed by atoms with Crippen molar-refractivity contribution in [2.45, 2.75) is 0 Å². The summed E-state index contributed by atoms with van der Waals surface area (Å²) in [5, 5.41) is 10.2. The first-order valence-corrected chi connectivity index (χ1v) is 17.6. The SMILES string of the molecule is c1ccc(-c2cc(-c3cccc(-c4cccnc4)c3)nc(-c3ccc(-c4cc5c6ccccc6c6ccccc6c5c5ccccc45)cc3)n2)cc1. The number of hydrogen-bond acceptors (Lipinski definition) is 3. The van der Waals surface area contributed by atoms with Gasteiger partial charge >= 0.3 is 0 Å². The third-order valence-corrected chi connectivity index (χ3v) is 10.2. The van der Waals surface area contributed by atoms with Crippen LogP contribution < -0.4 is 0 Å². The predicted octanol–water partition coefficient (Wildman–Crippen LogP) is 12.8. The van der Waals surface area contributed by atoms with Crippen LogP contribution in [0, 0.1) is 0 Å². The molecule has 0 N–H and O–H groups in total. The van der Waals surface area contributed by atoms with Gasteiger partial charge in [0.05, 0.1) is 11.4 Å². The zero-order chi connectivity index (χ0) is 34.4. The molecule has 10 aromatic rings. The van der Waals surface area contributed by atoms with Crippen molar-refractivity contribution in [2.24, 2.45) is 0 Å². The molecule has 3 heteroatoms. The third-order valence-electron chi connectivity index (χ3n) is 10.2. The molecule has 242 valence electrons. The molecular formula is C49H31N3. The maximum absolute atomic E-state index is 5.16. The fourth-order valence-electron chi connectivity index (χ4n) is 7.68. The smallest absolute Gasteiger partial charge is 0.160 e. The van der Waals surface area contributed by atoms with E-state index in [1.807, 2.05) is 18.3 Å². The molecule has 0 atom stereocenters. The number of pyridine rings is 1. The molecule has 3 nitrogen and oxygen atoms in total. The number of rotatable bonds is 5. The Bertz CT molecular complexity index is 2930. The van der Waals surface area contributed by atoms with Crippen molar-refractivity contribution in [3.05, 3.63) is 188 Å². The minimum atomic E-state index is 0.690. The first-order valence-electron chi connectivity index (χ1n) is 17.6. The van der Waals surface area contributed by atoms with Crippen LogP contribution in [-0.2, 0) is 0 Å². The Balaban J connectivity index is 1.13. The molecule has 0 bridgehead atoms. The van der Waals surface area contributed by atoms with E-state index in [0.29, 0.717) is 5.82 Å². The van der Waals surface area contributed by atoms with Crippen LogP contribution in [-0.4, -0.2) is 15.0 Å². The fraction of sp³-hybridized carbons (Fsp3) is 0. The van der Waals surface area contributed by atoms with Crippen molar-refractivity contribution < 1.29 is 0 Å². The van der Waals surface area contributed by atoms with Gasteiger partial charge in [-0.25, -0.2) is 9.97 Å². The molecule has 2 aromatic heterocycles. The van der Waals surface area contributed by atoms with Gasteiger partial charge in [0.1, 0.15) is 0 Å². The second-order valence-corrected chi connectivity index (χ2v) is 13.2. The summed E-state index contributed by atoms with van der Waals surface area (Å²) < 4.78 is 0. The van der Waals surface area contributed by atoms with Gasteiger partial charge in [0.25, 0.3) is 0 Å². The lowest BCUT2D eigenvalue weighted by atomic mass is 9.87. The van der Waals surface area contributed by atoms with E-state index in [4.69, 9.17) is 9.97 Å². The van der Waals surface area contributed by atoms with Gasteiger partial charge in [-0.1, -0.05) is 152 Å². The van der Waals surface area contributed by atoms with Crippen LogP contribution in [0.5, 0.6) is 0 Å². The van der Waals surface area contributed by atoms with Crippen molar-refractivity contribution in [3.8, 4) is 56.2 Å². The van der Waals surface area contributed by atoms with Crippen molar-refractivity contribution in [3.63, 3.8) is 0 Å². The van der Waals surface area contributed by atoms with Gasteiger partial charge in [-0.05, 0) is 84.0 Å². The van der Waals surface area contributed by atoms with E-state index in [2.05, 4.69) is 169 Å². The van der Waals surface area contributed by atoms with Crippen molar-refractivity contribution >= 4 is 43.1 Å². The number of fused-ring (bicyclic) bond motifs is 8. The van der Waals surface area contributed by atoms with Gasteiger partial charge < -0.3 is 0 Å². The number of nitrogens with zero attached hydrogens (tertiary/aromatic N) is 3. The highest BCUT2D eigenvalue weighted by Crippen LogP contribution is 2.43. The zero-order valence-electron chi connectivity index (χ0n) is 28.2. The van der Waals surface area contributed by atoms with Crippen LogP contribution in [0.4, 0.5) is 0 Å². The second-order valence-electron chi connectivity index (χ2n) is 13.2. The summed E-state index contributed by atoms with van der Waals surface area (Å²) in [6.45, 7) is 0. The Labute approximate surface area is 301 Å². The van der Waals surface area contributed by atoms with Gasteiger partial charge in [-0.3, -0.25) is 4.98 Å². The molecule has 0 fully saturated rings. The van der Waals surface area contributed by atoms with Crippen molar-refractivity contribution in [1.82, 2.24) is 15.0 Å². The summed E-state index contributed by atoms with van der Waals surface area (Å²) >= 11 is 0. The molecule has 0 aliphatic carbocycles. The van der Waals surface area contributed by atoms with Gasteiger partial charge in [0.15, 0.2) is 5.82 Å². The van der Waals surface area contributed by atoms with E-state index in [1.165, 1.54) is 48.7 Å². The van der Waals surface area contributed by atoms with Gasteiger partial charge in [-0.15, -0.1) is 0 Å². The van der Waals surface area contributed by atoms with Crippen LogP contribution in [0.15, 0.2) is 188 Å². The molecular weight excluding hydrogens is 631 g/mol. The molecule has 0 spiro atoms. The van der Waals surface area contributed by atoms with E-state index in [0.717, 1.165) is 44.8 Å². The summed E-state index contributed by atoms with van der Waals surface area (Å²) in [7, 11) is 0. The Hall–Kier alpha value is -6.97. The molecule has 2 heterocycles. The lowest BCUT2D eigenvalue weighted by Gasteiger charge is -2.16. The van der Waals surface area contributed by atoms with Gasteiger partial charge in [0.2, 0.25) is 0 Å². The highest BCUT2D eigenvalue weighted by atomic mass is 14.9. The Morgan fingerprint density at radius 2 is 0.846 bits per heavy atom. The molecule has 0 unspecified atom stereocenters. The minimum Gasteiger partial charge on any atom is -0.264 e. The van der Waals surface area contributed by atoms with Crippen LogP contribution in [0.25, 0.3) is 99.2 Å². The van der Waals surface area contributed by atoms with Gasteiger partial charge in [-0.2, -0.15) is 0 Å². The second kappa shape index (κ2) is 12.4. The molecule has 52 heavy (non-hydrogen) atoms. The lowest BCUT2D eigenvalue weighted by molar-refractivity contribution is 1.18. The maximum Gasteiger partial charge on any atom is 0.160 e. The Kier molecular flexibility index (Phi) is 7.14. The molecule has 0 aliphatic rings. The number of hydrogen-bond donors (Lipinski definition) is 0. The Morgan fingerprint density at radius 3 is 1.56 bits per heavy atom. The monoisotopic (exact) mass is 661 g/mol. The normalized spacial score (nSPS) is 11.5. The van der Waals surface area contributed by atoms with E-state index in [9.17, 15) is 0 Å².